The monoisotopic (exact) mass is 264 g/mol. The van der Waals surface area contributed by atoms with Crippen LogP contribution in [-0.4, -0.2) is 35.0 Å². The van der Waals surface area contributed by atoms with Crippen molar-refractivity contribution in [3.63, 3.8) is 0 Å². The number of hydrogen-bond donors (Lipinski definition) is 3. The average molecular weight is 264 g/mol. The van der Waals surface area contributed by atoms with E-state index in [9.17, 15) is 4.39 Å². The molecular weight excluding hydrogens is 243 g/mol. The Kier molecular flexibility index (Phi) is 4.22. The number of halogens is 1. The molecule has 0 bridgehead atoms. The molecule has 0 unspecified atom stereocenters. The second-order valence-electron chi connectivity index (χ2n) is 5.42. The number of hydrogen-bond acceptors (Lipinski definition) is 2. The van der Waals surface area contributed by atoms with Gasteiger partial charge in [-0.25, -0.2) is 4.39 Å². The van der Waals surface area contributed by atoms with Crippen LogP contribution in [0.5, 0.6) is 0 Å². The van der Waals surface area contributed by atoms with Crippen molar-refractivity contribution in [1.82, 2.24) is 10.3 Å². The maximum atomic E-state index is 13.6. The van der Waals surface area contributed by atoms with Crippen LogP contribution < -0.4 is 5.32 Å². The van der Waals surface area contributed by atoms with E-state index in [0.29, 0.717) is 0 Å². The smallest absolute Gasteiger partial charge is 0.143 e. The Morgan fingerprint density at radius 3 is 2.89 bits per heavy atom. The van der Waals surface area contributed by atoms with Crippen LogP contribution in [-0.2, 0) is 6.42 Å². The van der Waals surface area contributed by atoms with Gasteiger partial charge in [0, 0.05) is 29.7 Å². The number of aromatic amines is 1. The van der Waals surface area contributed by atoms with Crippen LogP contribution >= 0.6 is 0 Å². The number of benzene rings is 1. The number of aliphatic hydroxyl groups excluding tert-OH is 1. The van der Waals surface area contributed by atoms with Gasteiger partial charge in [0.05, 0.1) is 6.61 Å². The van der Waals surface area contributed by atoms with Crippen LogP contribution in [0.2, 0.25) is 0 Å². The molecular formula is C15H21FN2O. The first-order chi connectivity index (χ1) is 9.02. The Balaban J connectivity index is 1.97. The fourth-order valence-electron chi connectivity index (χ4n) is 2.15. The van der Waals surface area contributed by atoms with E-state index in [1.165, 1.54) is 17.9 Å². The van der Waals surface area contributed by atoms with Crippen LogP contribution in [0.3, 0.4) is 0 Å². The van der Waals surface area contributed by atoms with Crippen LogP contribution in [0.1, 0.15) is 19.4 Å². The van der Waals surface area contributed by atoms with Crippen LogP contribution in [0.15, 0.2) is 30.5 Å². The molecule has 0 amide bonds. The zero-order chi connectivity index (χ0) is 13.9. The Labute approximate surface area is 112 Å². The van der Waals surface area contributed by atoms with Crippen molar-refractivity contribution >= 4 is 10.9 Å². The first kappa shape index (κ1) is 14.0. The average Bonchev–Trinajstić information content (AvgIpc) is 2.80. The molecule has 19 heavy (non-hydrogen) atoms. The van der Waals surface area contributed by atoms with E-state index in [0.717, 1.165) is 11.9 Å². The molecule has 0 saturated heterocycles. The summed E-state index contributed by atoms with van der Waals surface area (Å²) in [7, 11) is 0. The topological polar surface area (TPSA) is 48.0 Å². The van der Waals surface area contributed by atoms with Crippen LogP contribution in [0, 0.1) is 0 Å². The van der Waals surface area contributed by atoms with Gasteiger partial charge < -0.3 is 15.4 Å². The fourth-order valence-corrected chi connectivity index (χ4v) is 2.15. The largest absolute Gasteiger partial charge is 0.393 e. The Hall–Kier alpha value is -1.39. The molecule has 4 heteroatoms. The number of rotatable bonds is 6. The number of aromatic nitrogens is 1. The molecule has 2 aromatic rings. The van der Waals surface area contributed by atoms with Gasteiger partial charge in [0.15, 0.2) is 0 Å². The summed E-state index contributed by atoms with van der Waals surface area (Å²) in [6.45, 7) is 3.13. The number of fused-ring (bicyclic) bond motifs is 1. The van der Waals surface area contributed by atoms with Crippen molar-refractivity contribution < 1.29 is 9.50 Å². The zero-order valence-electron chi connectivity index (χ0n) is 11.4. The van der Waals surface area contributed by atoms with E-state index in [-0.39, 0.29) is 12.6 Å². The van der Waals surface area contributed by atoms with Gasteiger partial charge in [0.1, 0.15) is 5.67 Å². The lowest BCUT2D eigenvalue weighted by Gasteiger charge is -2.21. The summed E-state index contributed by atoms with van der Waals surface area (Å²) >= 11 is 0. The van der Waals surface area contributed by atoms with Gasteiger partial charge in [0.25, 0.3) is 0 Å². The highest BCUT2D eigenvalue weighted by Gasteiger charge is 2.22. The second-order valence-corrected chi connectivity index (χ2v) is 5.42. The predicted molar refractivity (Wildman–Crippen MR) is 76.1 cm³/mol. The summed E-state index contributed by atoms with van der Waals surface area (Å²) in [6, 6.07) is 8.30. The molecule has 2 atom stereocenters. The van der Waals surface area contributed by atoms with Gasteiger partial charge in [-0.2, -0.15) is 0 Å². The minimum atomic E-state index is -1.56. The summed E-state index contributed by atoms with van der Waals surface area (Å²) < 4.78 is 13.6. The first-order valence-electron chi connectivity index (χ1n) is 6.60. The highest BCUT2D eigenvalue weighted by Crippen LogP contribution is 2.19. The van der Waals surface area contributed by atoms with E-state index in [1.54, 1.807) is 0 Å². The Morgan fingerprint density at radius 2 is 2.16 bits per heavy atom. The summed E-state index contributed by atoms with van der Waals surface area (Å²) in [5.74, 6) is 0. The first-order valence-corrected chi connectivity index (χ1v) is 6.60. The number of H-pyrrole nitrogens is 1. The molecule has 0 saturated carbocycles. The predicted octanol–water partition coefficient (Wildman–Crippen LogP) is 2.41. The third-order valence-electron chi connectivity index (χ3n) is 3.35. The van der Waals surface area contributed by atoms with E-state index in [1.807, 2.05) is 31.3 Å². The molecule has 0 aliphatic rings. The molecule has 3 nitrogen and oxygen atoms in total. The molecule has 0 aliphatic carbocycles. The van der Waals surface area contributed by atoms with Gasteiger partial charge in [-0.05, 0) is 31.9 Å². The molecule has 0 fully saturated rings. The summed E-state index contributed by atoms with van der Waals surface area (Å²) in [5.41, 5.74) is 0.782. The lowest BCUT2D eigenvalue weighted by molar-refractivity contribution is 0.0849. The third kappa shape index (κ3) is 3.55. The molecule has 1 heterocycles. The fraction of sp³-hybridized carbons (Fsp3) is 0.467. The van der Waals surface area contributed by atoms with Gasteiger partial charge in [-0.3, -0.25) is 0 Å². The number of para-hydroxylation sites is 1. The van der Waals surface area contributed by atoms with Gasteiger partial charge >= 0.3 is 0 Å². The van der Waals surface area contributed by atoms with Crippen molar-refractivity contribution in [2.75, 3.05) is 13.2 Å². The van der Waals surface area contributed by atoms with E-state index in [2.05, 4.69) is 16.4 Å². The number of aliphatic hydroxyl groups is 1. The number of alkyl halides is 1. The van der Waals surface area contributed by atoms with E-state index < -0.39 is 12.3 Å². The Bertz CT molecular complexity index is 536. The minimum absolute atomic E-state index is 0.154. The molecule has 0 aliphatic heterocycles. The van der Waals surface area contributed by atoms with Crippen molar-refractivity contribution in [3.05, 3.63) is 36.0 Å². The zero-order valence-corrected chi connectivity index (χ0v) is 11.4. The molecule has 1 aromatic heterocycles. The Morgan fingerprint density at radius 1 is 1.42 bits per heavy atom. The second kappa shape index (κ2) is 5.72. The molecule has 2 rings (SSSR count). The lowest BCUT2D eigenvalue weighted by Crippen LogP contribution is -2.41. The van der Waals surface area contributed by atoms with E-state index >= 15 is 0 Å². The van der Waals surface area contributed by atoms with Crippen LogP contribution in [0.25, 0.3) is 10.9 Å². The molecule has 104 valence electrons. The molecule has 0 spiro atoms. The third-order valence-corrected chi connectivity index (χ3v) is 3.35. The number of nitrogens with one attached hydrogen (secondary N) is 2. The van der Waals surface area contributed by atoms with Gasteiger partial charge in [0.2, 0.25) is 0 Å². The van der Waals surface area contributed by atoms with Crippen molar-refractivity contribution in [1.29, 1.82) is 0 Å². The van der Waals surface area contributed by atoms with Crippen molar-refractivity contribution in [3.8, 4) is 0 Å². The summed E-state index contributed by atoms with van der Waals surface area (Å²) in [5, 5.41) is 13.2. The molecule has 0 radical (unpaired) electrons. The van der Waals surface area contributed by atoms with Gasteiger partial charge in [-0.15, -0.1) is 0 Å². The van der Waals surface area contributed by atoms with Crippen LogP contribution in [0.4, 0.5) is 4.39 Å². The standard InChI is InChI=1S/C15H21FN2O/c1-11(18-9-15(2,16)10-19)7-12-8-17-14-6-4-3-5-13(12)14/h3-6,8,11,17-19H,7,9-10H2,1-2H3/t11-,15+/m1/s1. The maximum absolute atomic E-state index is 13.6. The quantitative estimate of drug-likeness (QED) is 0.750. The minimum Gasteiger partial charge on any atom is -0.393 e. The molecule has 1 aromatic carbocycles. The normalized spacial score (nSPS) is 16.4. The lowest BCUT2D eigenvalue weighted by atomic mass is 10.0. The maximum Gasteiger partial charge on any atom is 0.143 e. The van der Waals surface area contributed by atoms with Gasteiger partial charge in [-0.1, -0.05) is 18.2 Å². The molecule has 3 N–H and O–H groups in total. The van der Waals surface area contributed by atoms with E-state index in [4.69, 9.17) is 5.11 Å². The van der Waals surface area contributed by atoms with Crippen molar-refractivity contribution in [2.45, 2.75) is 32.0 Å². The summed E-state index contributed by atoms with van der Waals surface area (Å²) in [6.07, 6.45) is 2.83. The SMILES string of the molecule is C[C@H](Cc1c[nH]c2ccccc12)NC[C@](C)(F)CO. The summed E-state index contributed by atoms with van der Waals surface area (Å²) in [4.78, 5) is 3.24. The van der Waals surface area contributed by atoms with Crippen molar-refractivity contribution in [2.24, 2.45) is 0 Å². The highest BCUT2D eigenvalue weighted by atomic mass is 19.1. The highest BCUT2D eigenvalue weighted by molar-refractivity contribution is 5.83.